The van der Waals surface area contributed by atoms with Gasteiger partial charge in [0.1, 0.15) is 0 Å². The van der Waals surface area contributed by atoms with Gasteiger partial charge in [0.2, 0.25) is 0 Å². The summed E-state index contributed by atoms with van der Waals surface area (Å²) in [5.41, 5.74) is 11.9. The number of hydrogen-bond donors (Lipinski definition) is 0. The summed E-state index contributed by atoms with van der Waals surface area (Å²) < 4.78 is 77.7. The maximum Gasteiger partial charge on any atom is 0.0645 e. The molecule has 0 aliphatic rings. The third-order valence-electron chi connectivity index (χ3n) is 11.9. The van der Waals surface area contributed by atoms with Crippen molar-refractivity contribution in [3.05, 3.63) is 242 Å². The van der Waals surface area contributed by atoms with E-state index in [2.05, 4.69) is 71.3 Å². The van der Waals surface area contributed by atoms with E-state index >= 15 is 0 Å². The largest absolute Gasteiger partial charge is 0.309 e. The molecular formula is C60H40N2. The fourth-order valence-electron chi connectivity index (χ4n) is 9.06. The Balaban J connectivity index is 1.13. The van der Waals surface area contributed by atoms with Gasteiger partial charge in [0, 0.05) is 32.9 Å². The van der Waals surface area contributed by atoms with Crippen LogP contribution in [0.15, 0.2) is 242 Å². The average Bonchev–Trinajstić information content (AvgIpc) is 3.94. The molecule has 0 radical (unpaired) electrons. The average molecular weight is 797 g/mol. The summed E-state index contributed by atoms with van der Waals surface area (Å²) in [6, 6.07) is 62.3. The lowest BCUT2D eigenvalue weighted by atomic mass is 9.97. The zero-order valence-electron chi connectivity index (χ0n) is 41.4. The molecule has 2 nitrogen and oxygen atoms in total. The third-order valence-corrected chi connectivity index (χ3v) is 11.9. The molecule has 2 heteroatoms. The quantitative estimate of drug-likeness (QED) is 0.152. The summed E-state index contributed by atoms with van der Waals surface area (Å²) in [5, 5.41) is 2.68. The second-order valence-electron chi connectivity index (χ2n) is 15.5. The number of aromatic nitrogens is 2. The molecule has 0 saturated heterocycles. The second kappa shape index (κ2) is 14.8. The van der Waals surface area contributed by atoms with Gasteiger partial charge in [-0.2, -0.15) is 0 Å². The van der Waals surface area contributed by atoms with Crippen LogP contribution in [0.1, 0.15) is 11.0 Å². The van der Waals surface area contributed by atoms with Crippen LogP contribution in [0, 0.1) is 0 Å². The van der Waals surface area contributed by atoms with Crippen molar-refractivity contribution >= 4 is 43.6 Å². The minimum absolute atomic E-state index is 0.0244. The molecule has 0 aliphatic carbocycles. The lowest BCUT2D eigenvalue weighted by molar-refractivity contribution is 1.18. The molecule has 0 unspecified atom stereocenters. The molecule has 62 heavy (non-hydrogen) atoms. The normalized spacial score (nSPS) is 13.4. The van der Waals surface area contributed by atoms with Gasteiger partial charge in [0.15, 0.2) is 0 Å². The summed E-state index contributed by atoms with van der Waals surface area (Å²) >= 11 is 0. The topological polar surface area (TPSA) is 9.86 Å². The van der Waals surface area contributed by atoms with Crippen LogP contribution >= 0.6 is 0 Å². The standard InChI is InChI=1S/C60H40N2/c1-5-17-41(18-6-1)45-25-15-26-50(36-45)61-58-34-32-47(40-55(58)60-52(28-16-30-59(60)61)44-23-11-4-12-24-44)46-31-33-57-54(39-46)53-27-13-14-29-56(53)62(57)51-37-48(42-19-7-2-8-20-42)35-49(38-51)43-21-9-3-10-22-43/h1-40H/i4D,11D,12D,23D,24D,31D,33D,39D. The Morgan fingerprint density at radius 1 is 0.290 bits per heavy atom. The van der Waals surface area contributed by atoms with E-state index in [0.717, 1.165) is 66.7 Å². The van der Waals surface area contributed by atoms with E-state index in [0.29, 0.717) is 32.8 Å². The lowest BCUT2D eigenvalue weighted by Crippen LogP contribution is -1.96. The highest BCUT2D eigenvalue weighted by Crippen LogP contribution is 2.42. The number of benzene rings is 10. The van der Waals surface area contributed by atoms with Crippen molar-refractivity contribution in [2.24, 2.45) is 0 Å². The Morgan fingerprint density at radius 2 is 0.855 bits per heavy atom. The summed E-state index contributed by atoms with van der Waals surface area (Å²) in [6.45, 7) is 0. The van der Waals surface area contributed by atoms with Crippen LogP contribution in [0.2, 0.25) is 0 Å². The molecule has 0 aliphatic heterocycles. The maximum absolute atomic E-state index is 10.1. The van der Waals surface area contributed by atoms with Gasteiger partial charge in [-0.05, 0) is 122 Å². The van der Waals surface area contributed by atoms with Crippen LogP contribution in [-0.2, 0) is 0 Å². The van der Waals surface area contributed by atoms with Crippen molar-refractivity contribution in [1.82, 2.24) is 9.13 Å². The second-order valence-corrected chi connectivity index (χ2v) is 15.5. The Hall–Kier alpha value is -8.20. The van der Waals surface area contributed by atoms with Crippen molar-refractivity contribution in [2.45, 2.75) is 0 Å². The van der Waals surface area contributed by atoms with Gasteiger partial charge in [-0.3, -0.25) is 0 Å². The zero-order chi connectivity index (χ0) is 47.9. The van der Waals surface area contributed by atoms with E-state index in [-0.39, 0.29) is 41.3 Å². The van der Waals surface area contributed by atoms with Gasteiger partial charge in [0.05, 0.1) is 33.0 Å². The maximum atomic E-state index is 10.1. The van der Waals surface area contributed by atoms with Crippen molar-refractivity contribution in [2.75, 3.05) is 0 Å². The van der Waals surface area contributed by atoms with E-state index in [1.807, 2.05) is 126 Å². The highest BCUT2D eigenvalue weighted by molar-refractivity contribution is 6.17. The molecule has 0 atom stereocenters. The number of fused-ring (bicyclic) bond motifs is 6. The minimum atomic E-state index is -0.470. The van der Waals surface area contributed by atoms with Crippen LogP contribution in [-0.4, -0.2) is 9.13 Å². The van der Waals surface area contributed by atoms with E-state index in [1.165, 1.54) is 0 Å². The first-order valence-corrected chi connectivity index (χ1v) is 20.7. The predicted octanol–water partition coefficient (Wildman–Crippen LogP) is 16.2. The van der Waals surface area contributed by atoms with Gasteiger partial charge >= 0.3 is 0 Å². The van der Waals surface area contributed by atoms with Crippen LogP contribution in [0.4, 0.5) is 0 Å². The van der Waals surface area contributed by atoms with Crippen LogP contribution in [0.3, 0.4) is 0 Å². The van der Waals surface area contributed by atoms with E-state index in [9.17, 15) is 4.11 Å². The van der Waals surface area contributed by atoms with E-state index in [4.69, 9.17) is 6.85 Å². The Labute approximate surface area is 372 Å². The first-order chi connectivity index (χ1) is 34.1. The van der Waals surface area contributed by atoms with E-state index < -0.39 is 18.1 Å². The molecule has 0 bridgehead atoms. The first-order valence-electron chi connectivity index (χ1n) is 24.7. The molecule has 12 aromatic rings. The molecular weight excluding hydrogens is 749 g/mol. The third kappa shape index (κ3) is 6.04. The van der Waals surface area contributed by atoms with Gasteiger partial charge < -0.3 is 9.13 Å². The summed E-state index contributed by atoms with van der Waals surface area (Å²) in [5.74, 6) is 0. The van der Waals surface area contributed by atoms with Crippen molar-refractivity contribution < 1.29 is 11.0 Å². The highest BCUT2D eigenvalue weighted by atomic mass is 15.0. The van der Waals surface area contributed by atoms with Crippen molar-refractivity contribution in [3.8, 4) is 67.0 Å². The Kier molecular flexibility index (Phi) is 6.76. The summed E-state index contributed by atoms with van der Waals surface area (Å²) in [6.07, 6.45) is 0. The molecule has 12 rings (SSSR count). The van der Waals surface area contributed by atoms with Gasteiger partial charge in [0.25, 0.3) is 0 Å². The monoisotopic (exact) mass is 796 g/mol. The molecule has 0 spiro atoms. The Morgan fingerprint density at radius 3 is 1.58 bits per heavy atom. The van der Waals surface area contributed by atoms with Gasteiger partial charge in [-0.15, -0.1) is 0 Å². The molecule has 0 saturated carbocycles. The first kappa shape index (κ1) is 28.3. The Bertz CT molecular complexity index is 4000. The zero-order valence-corrected chi connectivity index (χ0v) is 33.4. The molecule has 10 aromatic carbocycles. The molecule has 2 aromatic heterocycles. The number of nitrogens with zero attached hydrogens (tertiary/aromatic N) is 2. The van der Waals surface area contributed by atoms with E-state index in [1.54, 1.807) is 6.07 Å². The van der Waals surface area contributed by atoms with Crippen molar-refractivity contribution in [3.63, 3.8) is 0 Å². The number of rotatable bonds is 7. The molecule has 0 N–H and O–H groups in total. The number of para-hydroxylation sites is 1. The summed E-state index contributed by atoms with van der Waals surface area (Å²) in [7, 11) is 0. The van der Waals surface area contributed by atoms with Crippen molar-refractivity contribution in [1.29, 1.82) is 0 Å². The van der Waals surface area contributed by atoms with Crippen LogP contribution < -0.4 is 0 Å². The number of hydrogen-bond acceptors (Lipinski definition) is 0. The minimum Gasteiger partial charge on any atom is -0.309 e. The highest BCUT2D eigenvalue weighted by Gasteiger charge is 2.19. The van der Waals surface area contributed by atoms with Gasteiger partial charge in [-0.1, -0.05) is 176 Å². The lowest BCUT2D eigenvalue weighted by Gasteiger charge is -2.14. The smallest absolute Gasteiger partial charge is 0.0645 e. The molecule has 290 valence electrons. The molecule has 0 amide bonds. The fraction of sp³-hybridized carbons (Fsp3) is 0. The van der Waals surface area contributed by atoms with Crippen LogP contribution in [0.5, 0.6) is 0 Å². The molecule has 0 fully saturated rings. The van der Waals surface area contributed by atoms with Crippen LogP contribution in [0.25, 0.3) is 111 Å². The molecule has 2 heterocycles. The SMILES string of the molecule is [2H]c1c([2H])c([2H])c(-c2cccc3c2c2cc(-c4c([2H])c([2H])c5c(c4[2H])c4ccccc4n5-c4cc(-c5ccccc5)cc(-c5ccccc5)c4)ccc2n3-c2cccc(-c3ccccc3)c2)c([2H])c1[2H]. The summed E-state index contributed by atoms with van der Waals surface area (Å²) in [4.78, 5) is 0. The predicted molar refractivity (Wildman–Crippen MR) is 262 cm³/mol. The van der Waals surface area contributed by atoms with Gasteiger partial charge in [-0.25, -0.2) is 0 Å². The fourth-order valence-corrected chi connectivity index (χ4v) is 9.06.